The number of nitrogens with one attached hydrogen (secondary N) is 4. The first kappa shape index (κ1) is 127. The van der Waals surface area contributed by atoms with Crippen LogP contribution in [-0.4, -0.2) is 94.3 Å². The number of H-pyrrole nitrogens is 3. The average molecular weight is 1860 g/mol. The van der Waals surface area contributed by atoms with Crippen LogP contribution >= 0.6 is 0 Å². The molecule has 3 aromatic heterocycles. The Bertz CT molecular complexity index is 2340. The second-order valence-electron chi connectivity index (χ2n) is 10.2. The summed E-state index contributed by atoms with van der Waals surface area (Å²) in [5, 5.41) is 134. The van der Waals surface area contributed by atoms with Crippen molar-refractivity contribution in [2.45, 2.75) is 21.3 Å². The summed E-state index contributed by atoms with van der Waals surface area (Å²) in [4.78, 5) is 107. The molecule has 0 saturated carbocycles. The monoisotopic (exact) mass is 1850 g/mol. The van der Waals surface area contributed by atoms with Crippen LogP contribution in [0.5, 0.6) is 0 Å². The quantitative estimate of drug-likeness (QED) is 0.0287. The van der Waals surface area contributed by atoms with Crippen LogP contribution in [0.4, 0.5) is 5.69 Å². The van der Waals surface area contributed by atoms with Gasteiger partial charge in [-0.15, -0.1) is 0 Å². The fourth-order valence-corrected chi connectivity index (χ4v) is 3.21. The number of nitrogens with zero attached hydrogens (tertiary/aromatic N) is 4. The molecule has 3 rings (SSSR count). The number of nitrogens with two attached hydrogens (primary N) is 2. The molecule has 0 saturated heterocycles. The van der Waals surface area contributed by atoms with Crippen molar-refractivity contribution in [1.82, 2.24) is 20.3 Å². The fraction of sp³-hybridized carbons (Fsp3) is 0.167. The smallest absolute Gasteiger partial charge is 0.549 e. The van der Waals surface area contributed by atoms with E-state index >= 15 is 0 Å². The van der Waals surface area contributed by atoms with Gasteiger partial charge in [-0.1, -0.05) is 7.43 Å². The number of hydrogen-bond acceptors (Lipinski definition) is 28. The molecule has 0 amide bonds. The Labute approximate surface area is 944 Å². The average Bonchev–Trinajstić information content (AvgIpc) is 3.98. The van der Waals surface area contributed by atoms with Gasteiger partial charge in [0.15, 0.2) is 0 Å². The summed E-state index contributed by atoms with van der Waals surface area (Å²) in [5.74, 6) is -15.0. The van der Waals surface area contributed by atoms with E-state index in [1.54, 1.807) is 6.92 Å². The van der Waals surface area contributed by atoms with Crippen LogP contribution in [0, 0.1) is 52.8 Å². The molecule has 0 radical (unpaired) electrons. The van der Waals surface area contributed by atoms with Gasteiger partial charge in [0.1, 0.15) is 30.0 Å². The van der Waals surface area contributed by atoms with Crippen LogP contribution in [0.15, 0.2) is 42.2 Å². The van der Waals surface area contributed by atoms with E-state index in [0.29, 0.717) is 6.61 Å². The van der Waals surface area contributed by atoms with E-state index in [4.69, 9.17) is 43.3 Å². The van der Waals surface area contributed by atoms with Gasteiger partial charge in [-0.05, 0) is 19.4 Å². The van der Waals surface area contributed by atoms with E-state index in [1.807, 2.05) is 5.32 Å². The van der Waals surface area contributed by atoms with E-state index in [9.17, 15) is 89.1 Å². The first-order chi connectivity index (χ1) is 30.7. The summed E-state index contributed by atoms with van der Waals surface area (Å²) in [5.41, 5.74) is 5.47. The fourth-order valence-electron chi connectivity index (χ4n) is 3.21. The standard InChI is InChI=1S/C7H4N2O4.C7H7NO4.2C6H6N2O4.C6H7NO3.C2H5NO2.CN.CH4.Cu.10Rb/c8-1-3-4(6(10)11)2-9-5(3)7(12)13;1-3-4(6(9)10)2-8-5(3)7(11)12;7-3-2(5(9)10)1-8-4(3)6(11)12;7-1-4(6(11)12)2-8-3-5(9)10;1-2-10-4-5(3-7)6(8)9;3-1-2(4)5;1-2;;;;;;;;;;;;/h2,9H,(H,10,11)(H,12,13);2,8H,1H3,(H,9,10)(H,11,12);1,8H,7H2,(H,9,10)(H,11,12);2,8H,3H2,(H,9,10)(H,11,12);4H,2H2,1H3,(H,8,9);1,3H2,(H,4,5);;1H4;;;;;;;;;;;/q;;;;;;-1;;11*+1/p-10/b;;;4-2+;5-4+;;;;;;;;;;;;;;. The Kier molecular flexibility index (Phi) is 129. The molecule has 0 aliphatic rings. The summed E-state index contributed by atoms with van der Waals surface area (Å²) in [6, 6.07) is 4.14. The third-order valence-corrected chi connectivity index (χ3v) is 6.03. The number of carboxylic acids is 10. The van der Waals surface area contributed by atoms with E-state index in [1.165, 1.54) is 25.1 Å². The van der Waals surface area contributed by atoms with Gasteiger partial charge in [-0.25, -0.2) is 0 Å². The third-order valence-electron chi connectivity index (χ3n) is 6.03. The number of carboxylic acid groups (broad SMARTS) is 10. The maximum atomic E-state index is 10.3. The number of hydrogen-bond donors (Lipinski definition) is 6. The van der Waals surface area contributed by atoms with Gasteiger partial charge in [0, 0.05) is 48.0 Å². The van der Waals surface area contributed by atoms with Gasteiger partial charge in [0.25, 0.3) is 0 Å². The second kappa shape index (κ2) is 79.2. The molecule has 0 aliphatic carbocycles. The molecule has 0 aromatic carbocycles. The zero-order valence-corrected chi connectivity index (χ0v) is 93.4. The van der Waals surface area contributed by atoms with Crippen molar-refractivity contribution >= 4 is 65.4 Å². The molecule has 3 heterocycles. The molecule has 78 heavy (non-hydrogen) atoms. The number of carbonyl (C=O) groups is 10. The second-order valence-corrected chi connectivity index (χ2v) is 10.2. The first-order valence-corrected chi connectivity index (χ1v) is 16.1. The number of nitrogen functional groups attached to an aromatic ring is 1. The Morgan fingerprint density at radius 1 is 0.590 bits per heavy atom. The zero-order chi connectivity index (χ0) is 52.4. The van der Waals surface area contributed by atoms with Crippen LogP contribution < -0.4 is 650 Å². The van der Waals surface area contributed by atoms with Crippen LogP contribution in [0.3, 0.4) is 0 Å². The molecule has 0 atom stereocenters. The minimum Gasteiger partial charge on any atom is -0.549 e. The van der Waals surface area contributed by atoms with Gasteiger partial charge >= 0.3 is 599 Å². The predicted octanol–water partition coefficient (Wildman–Crippen LogP) is -42.9. The minimum absolute atomic E-state index is 0. The van der Waals surface area contributed by atoms with Crippen LogP contribution in [0.25, 0.3) is 0 Å². The molecule has 0 fully saturated rings. The summed E-state index contributed by atoms with van der Waals surface area (Å²) in [6.45, 7) is 7.18. The van der Waals surface area contributed by atoms with Crippen molar-refractivity contribution in [3.05, 3.63) is 93.7 Å². The first-order valence-electron chi connectivity index (χ1n) is 16.1. The topological polar surface area (TPSA) is 617 Å². The van der Waals surface area contributed by atoms with Crippen molar-refractivity contribution in [1.29, 1.82) is 21.0 Å². The number of aromatic carboxylic acids is 6. The molecule has 42 heteroatoms. The Morgan fingerprint density at radius 3 is 1.15 bits per heavy atom. The van der Waals surface area contributed by atoms with Crippen LogP contribution in [-0.2, 0) is 41.0 Å². The van der Waals surface area contributed by atoms with Gasteiger partial charge in [0.2, 0.25) is 0 Å². The number of aromatic nitrogens is 3. The molecule has 31 nitrogen and oxygen atoms in total. The third kappa shape index (κ3) is 61.4. The maximum Gasteiger partial charge on any atom is 1.00 e. The molecule has 3 aromatic rings. The van der Waals surface area contributed by atoms with E-state index in [2.05, 4.69) is 25.4 Å². The van der Waals surface area contributed by atoms with E-state index in [0.717, 1.165) is 31.1 Å². The van der Waals surface area contributed by atoms with Crippen molar-refractivity contribution in [2.75, 3.05) is 25.4 Å². The van der Waals surface area contributed by atoms with Crippen LogP contribution in [0.1, 0.15) is 88.0 Å². The molecular formula is C36H29CuN10O21Rb10. The maximum absolute atomic E-state index is 10.3. The molecule has 0 bridgehead atoms. The van der Waals surface area contributed by atoms with Crippen molar-refractivity contribution in [3.63, 3.8) is 0 Å². The molecule has 0 spiro atoms. The number of anilines is 1. The number of carbonyl (C=O) groups excluding carboxylic acids is 10. The zero-order valence-electron chi connectivity index (χ0n) is 43.3. The number of ether oxygens (including phenoxy) is 1. The number of nitriles is 3. The predicted molar refractivity (Wildman–Crippen MR) is 190 cm³/mol. The summed E-state index contributed by atoms with van der Waals surface area (Å²) < 4.78 is 4.54. The number of rotatable bonds is 14. The molecule has 8 N–H and O–H groups in total. The van der Waals surface area contributed by atoms with E-state index < -0.39 is 99.9 Å². The van der Waals surface area contributed by atoms with Gasteiger partial charge in [0.05, 0.1) is 107 Å². The Balaban J connectivity index is -0.0000000412. The summed E-state index contributed by atoms with van der Waals surface area (Å²) in [6.07, 6.45) is 4.49. The molecular weight excluding hydrogens is 1830 g/mol. The van der Waals surface area contributed by atoms with Crippen molar-refractivity contribution < 1.29 is 703 Å². The number of aliphatic carboxylic acids is 4. The van der Waals surface area contributed by atoms with Gasteiger partial charge in [-0.2, -0.15) is 15.8 Å². The SMILES string of the molecule is C.CCO/C=C(\C#N)C(=O)[O-].Cc1c(C(=O)[O-])c[nH]c1C(=O)[O-].N#C/C(=C\NCC(=O)[O-])C(=O)[O-].N#Cc1c(C(=O)[O-])c[nH]c1C(=O)[O-].NCC(=O)[O-].Nc1c(C(=O)[O-])c[nH]c1C(=O)[O-].[C-]#N.[Cu+].[Rb+].[Rb+].[Rb+].[Rb+].[Rb+].[Rb+].[Rb+].[Rb+].[Rb+].[Rb+]. The largest absolute Gasteiger partial charge is 1.00 e. The summed E-state index contributed by atoms with van der Waals surface area (Å²) >= 11 is 0. The van der Waals surface area contributed by atoms with Crippen molar-refractivity contribution in [2.24, 2.45) is 5.73 Å². The van der Waals surface area contributed by atoms with Gasteiger partial charge in [-0.3, -0.25) is 0 Å². The normalized spacial score (nSPS) is 7.87. The Morgan fingerprint density at radius 2 is 0.923 bits per heavy atom. The van der Waals surface area contributed by atoms with Crippen molar-refractivity contribution in [3.8, 4) is 18.2 Å². The molecule has 370 valence electrons. The molecule has 0 unspecified atom stereocenters. The van der Waals surface area contributed by atoms with Gasteiger partial charge < -0.3 is 147 Å². The summed E-state index contributed by atoms with van der Waals surface area (Å²) in [7, 11) is 0. The number of aromatic amines is 3. The van der Waals surface area contributed by atoms with E-state index in [-0.39, 0.29) is 641 Å². The Hall–Kier alpha value is 7.91. The van der Waals surface area contributed by atoms with Crippen LogP contribution in [0.2, 0.25) is 0 Å². The molecule has 0 aliphatic heterocycles. The minimum atomic E-state index is -1.66.